The van der Waals surface area contributed by atoms with Gasteiger partial charge < -0.3 is 14.5 Å². The Morgan fingerprint density at radius 2 is 2.12 bits per heavy atom. The van der Waals surface area contributed by atoms with Gasteiger partial charge in [0.15, 0.2) is 5.17 Å². The Balaban J connectivity index is 1.58. The van der Waals surface area contributed by atoms with Crippen molar-refractivity contribution in [2.24, 2.45) is 4.99 Å². The number of halogens is 1. The standard InChI is InChI=1S/C24H17ClN4O4S/c1-32-21-9-8-16(11-18(21)25)29-23(31)20(12-17-6-4-10-33-17)28-24(29)34-14-22(30)27-19-7-3-2-5-15(19)13-26/h2-12H,14H2,1H3,(H,27,30)/b20-12+. The van der Waals surface area contributed by atoms with Gasteiger partial charge >= 0.3 is 0 Å². The Morgan fingerprint density at radius 1 is 1.29 bits per heavy atom. The predicted molar refractivity (Wildman–Crippen MR) is 132 cm³/mol. The minimum atomic E-state index is -0.393. The molecule has 2 heterocycles. The van der Waals surface area contributed by atoms with Crippen molar-refractivity contribution in [3.05, 3.63) is 82.9 Å². The van der Waals surface area contributed by atoms with Crippen LogP contribution < -0.4 is 15.0 Å². The van der Waals surface area contributed by atoms with E-state index in [9.17, 15) is 14.9 Å². The maximum atomic E-state index is 13.2. The lowest BCUT2D eigenvalue weighted by atomic mass is 10.2. The van der Waals surface area contributed by atoms with Gasteiger partial charge in [-0.3, -0.25) is 14.5 Å². The van der Waals surface area contributed by atoms with E-state index in [-0.39, 0.29) is 17.4 Å². The summed E-state index contributed by atoms with van der Waals surface area (Å²) in [5, 5.41) is 12.6. The summed E-state index contributed by atoms with van der Waals surface area (Å²) in [6, 6.07) is 17.1. The molecule has 0 saturated heterocycles. The number of furan rings is 1. The average Bonchev–Trinajstić information content (AvgIpc) is 3.46. The van der Waals surface area contributed by atoms with Crippen LogP contribution in [0.2, 0.25) is 5.02 Å². The molecule has 1 aromatic heterocycles. The molecule has 0 unspecified atom stereocenters. The van der Waals surface area contributed by atoms with Crippen LogP contribution in [0.3, 0.4) is 0 Å². The Kier molecular flexibility index (Phi) is 7.01. The van der Waals surface area contributed by atoms with E-state index in [0.717, 1.165) is 11.8 Å². The number of ether oxygens (including phenoxy) is 1. The van der Waals surface area contributed by atoms with Crippen molar-refractivity contribution >= 4 is 57.8 Å². The molecule has 3 aromatic rings. The maximum Gasteiger partial charge on any atom is 0.283 e. The number of amides is 2. The second-order valence-corrected chi connectivity index (χ2v) is 8.24. The molecule has 34 heavy (non-hydrogen) atoms. The van der Waals surface area contributed by atoms with Crippen molar-refractivity contribution in [1.82, 2.24) is 0 Å². The first-order chi connectivity index (χ1) is 16.5. The van der Waals surface area contributed by atoms with E-state index in [2.05, 4.69) is 10.3 Å². The highest BCUT2D eigenvalue weighted by molar-refractivity contribution is 8.14. The molecule has 0 bridgehead atoms. The summed E-state index contributed by atoms with van der Waals surface area (Å²) < 4.78 is 10.5. The predicted octanol–water partition coefficient (Wildman–Crippen LogP) is 4.93. The molecule has 0 spiro atoms. The van der Waals surface area contributed by atoms with E-state index in [1.807, 2.05) is 6.07 Å². The second-order valence-electron chi connectivity index (χ2n) is 6.89. The van der Waals surface area contributed by atoms with Gasteiger partial charge in [-0.2, -0.15) is 5.26 Å². The number of hydrogen-bond acceptors (Lipinski definition) is 7. The fraction of sp³-hybridized carbons (Fsp3) is 0.0833. The number of amidine groups is 1. The van der Waals surface area contributed by atoms with Crippen LogP contribution in [0.15, 0.2) is 76.0 Å². The molecule has 4 rings (SSSR count). The fourth-order valence-corrected chi connectivity index (χ4v) is 4.19. The molecule has 0 aliphatic carbocycles. The lowest BCUT2D eigenvalue weighted by Crippen LogP contribution is -2.31. The number of methoxy groups -OCH3 is 1. The van der Waals surface area contributed by atoms with Crippen LogP contribution in [0.1, 0.15) is 11.3 Å². The highest BCUT2D eigenvalue weighted by Crippen LogP contribution is 2.34. The van der Waals surface area contributed by atoms with Crippen LogP contribution in [0.5, 0.6) is 5.75 Å². The van der Waals surface area contributed by atoms with Crippen molar-refractivity contribution in [3.63, 3.8) is 0 Å². The zero-order valence-electron chi connectivity index (χ0n) is 17.8. The summed E-state index contributed by atoms with van der Waals surface area (Å²) in [5.74, 6) is 0.150. The molecule has 0 atom stereocenters. The number of carbonyl (C=O) groups excluding carboxylic acids is 2. The number of nitrogens with one attached hydrogen (secondary N) is 1. The number of nitrogens with zero attached hydrogens (tertiary/aromatic N) is 3. The monoisotopic (exact) mass is 492 g/mol. The van der Waals surface area contributed by atoms with Crippen molar-refractivity contribution in [3.8, 4) is 11.8 Å². The first-order valence-corrected chi connectivity index (χ1v) is 11.3. The Morgan fingerprint density at radius 3 is 2.82 bits per heavy atom. The number of nitriles is 1. The summed E-state index contributed by atoms with van der Waals surface area (Å²) in [7, 11) is 1.50. The third kappa shape index (κ3) is 4.98. The van der Waals surface area contributed by atoms with Gasteiger partial charge in [-0.05, 0) is 42.5 Å². The van der Waals surface area contributed by atoms with Gasteiger partial charge in [0, 0.05) is 6.08 Å². The third-order valence-corrected chi connectivity index (χ3v) is 5.93. The highest BCUT2D eigenvalue weighted by Gasteiger charge is 2.33. The molecule has 170 valence electrons. The number of para-hydroxylation sites is 1. The Labute approximate surface area is 204 Å². The number of rotatable bonds is 6. The highest BCUT2D eigenvalue weighted by atomic mass is 35.5. The van der Waals surface area contributed by atoms with Crippen LogP contribution in [-0.2, 0) is 9.59 Å². The van der Waals surface area contributed by atoms with Crippen LogP contribution in [0, 0.1) is 11.3 Å². The van der Waals surface area contributed by atoms with E-state index in [0.29, 0.717) is 38.6 Å². The first-order valence-electron chi connectivity index (χ1n) is 9.94. The minimum absolute atomic E-state index is 0.0414. The molecular weight excluding hydrogens is 476 g/mol. The molecule has 1 aliphatic heterocycles. The number of carbonyl (C=O) groups is 2. The smallest absolute Gasteiger partial charge is 0.283 e. The Bertz CT molecular complexity index is 1350. The number of aliphatic imine (C=N–C) groups is 1. The molecule has 1 N–H and O–H groups in total. The van der Waals surface area contributed by atoms with Gasteiger partial charge in [-0.1, -0.05) is 35.5 Å². The molecule has 2 aromatic carbocycles. The molecule has 2 amide bonds. The van der Waals surface area contributed by atoms with Gasteiger partial charge in [0.1, 0.15) is 23.3 Å². The van der Waals surface area contributed by atoms with E-state index in [1.54, 1.807) is 54.6 Å². The SMILES string of the molecule is COc1ccc(N2C(=O)/C(=C\c3ccco3)N=C2SCC(=O)Nc2ccccc2C#N)cc1Cl. The maximum absolute atomic E-state index is 13.2. The summed E-state index contributed by atoms with van der Waals surface area (Å²) in [4.78, 5) is 31.6. The second kappa shape index (κ2) is 10.3. The quantitative estimate of drug-likeness (QED) is 0.489. The van der Waals surface area contributed by atoms with Crippen LogP contribution in [-0.4, -0.2) is 29.8 Å². The zero-order valence-corrected chi connectivity index (χ0v) is 19.4. The minimum Gasteiger partial charge on any atom is -0.495 e. The number of hydrogen-bond donors (Lipinski definition) is 1. The lowest BCUT2D eigenvalue weighted by molar-refractivity contribution is -0.114. The van der Waals surface area contributed by atoms with E-state index >= 15 is 0 Å². The van der Waals surface area contributed by atoms with Gasteiger partial charge in [-0.15, -0.1) is 0 Å². The van der Waals surface area contributed by atoms with Crippen LogP contribution in [0.25, 0.3) is 6.08 Å². The summed E-state index contributed by atoms with van der Waals surface area (Å²) in [6.45, 7) is 0. The molecule has 1 aliphatic rings. The molecule has 8 nitrogen and oxygen atoms in total. The normalized spacial score (nSPS) is 14.1. The first kappa shape index (κ1) is 23.2. The molecule has 0 fully saturated rings. The molecule has 0 radical (unpaired) electrons. The molecular formula is C24H17ClN4O4S. The van der Waals surface area contributed by atoms with Crippen molar-refractivity contribution in [1.29, 1.82) is 5.26 Å². The summed E-state index contributed by atoms with van der Waals surface area (Å²) in [6.07, 6.45) is 3.02. The van der Waals surface area contributed by atoms with E-state index in [1.165, 1.54) is 24.3 Å². The van der Waals surface area contributed by atoms with Crippen LogP contribution >= 0.6 is 23.4 Å². The summed E-state index contributed by atoms with van der Waals surface area (Å²) >= 11 is 7.35. The van der Waals surface area contributed by atoms with Crippen LogP contribution in [0.4, 0.5) is 11.4 Å². The topological polar surface area (TPSA) is 108 Å². The largest absolute Gasteiger partial charge is 0.495 e. The molecule has 10 heteroatoms. The third-order valence-electron chi connectivity index (χ3n) is 4.70. The lowest BCUT2D eigenvalue weighted by Gasteiger charge is -2.18. The van der Waals surface area contributed by atoms with Crippen molar-refractivity contribution in [2.45, 2.75) is 0 Å². The van der Waals surface area contributed by atoms with E-state index < -0.39 is 5.91 Å². The van der Waals surface area contributed by atoms with Gasteiger partial charge in [0.2, 0.25) is 5.91 Å². The van der Waals surface area contributed by atoms with Crippen molar-refractivity contribution < 1.29 is 18.7 Å². The van der Waals surface area contributed by atoms with E-state index in [4.69, 9.17) is 20.8 Å². The Hall–Kier alpha value is -4.00. The van der Waals surface area contributed by atoms with Gasteiger partial charge in [-0.25, -0.2) is 4.99 Å². The number of anilines is 2. The summed E-state index contributed by atoms with van der Waals surface area (Å²) in [5.41, 5.74) is 1.39. The number of benzene rings is 2. The molecule has 0 saturated carbocycles. The zero-order chi connectivity index (χ0) is 24.1. The number of thioether (sulfide) groups is 1. The average molecular weight is 493 g/mol. The fourth-order valence-electron chi connectivity index (χ4n) is 3.13. The van der Waals surface area contributed by atoms with Gasteiger partial charge in [0.25, 0.3) is 5.91 Å². The van der Waals surface area contributed by atoms with Gasteiger partial charge in [0.05, 0.1) is 41.1 Å². The van der Waals surface area contributed by atoms with Crippen molar-refractivity contribution in [2.75, 3.05) is 23.1 Å².